The van der Waals surface area contributed by atoms with E-state index in [4.69, 9.17) is 37.4 Å². The molecule has 0 bridgehead atoms. The summed E-state index contributed by atoms with van der Waals surface area (Å²) in [6.45, 7) is 7.74. The first-order valence-corrected chi connectivity index (χ1v) is 17.6. The van der Waals surface area contributed by atoms with Crippen LogP contribution in [0.2, 0.25) is 10.0 Å². The van der Waals surface area contributed by atoms with Gasteiger partial charge in [-0.2, -0.15) is 25.4 Å². The Morgan fingerprint density at radius 3 is 2.33 bits per heavy atom. The average Bonchev–Trinajstić information content (AvgIpc) is 3.91. The maximum Gasteiger partial charge on any atom is 0.350 e. The minimum atomic E-state index is -1.25. The largest absolute Gasteiger partial charge is 0.489 e. The van der Waals surface area contributed by atoms with Crippen molar-refractivity contribution in [1.29, 1.82) is 5.26 Å². The van der Waals surface area contributed by atoms with Crippen LogP contribution in [0, 0.1) is 11.3 Å². The van der Waals surface area contributed by atoms with Gasteiger partial charge < -0.3 is 24.0 Å². The number of nitrogens with zero attached hydrogens (tertiary/aromatic N) is 9. The van der Waals surface area contributed by atoms with Gasteiger partial charge in [0.1, 0.15) is 37.4 Å². The van der Waals surface area contributed by atoms with Crippen molar-refractivity contribution in [3.8, 4) is 17.5 Å². The second-order valence-electron chi connectivity index (χ2n) is 12.6. The van der Waals surface area contributed by atoms with Crippen molar-refractivity contribution in [2.24, 2.45) is 0 Å². The van der Waals surface area contributed by atoms with Crippen LogP contribution in [0.4, 0.5) is 11.4 Å². The number of hydrogen-bond donors (Lipinski definition) is 0. The smallest absolute Gasteiger partial charge is 0.350 e. The summed E-state index contributed by atoms with van der Waals surface area (Å²) in [5.74, 6) is -0.786. The quantitative estimate of drug-likeness (QED) is 0.173. The molecule has 2 aromatic heterocycles. The molecule has 0 N–H and O–H groups in total. The van der Waals surface area contributed by atoms with Gasteiger partial charge in [-0.15, -0.1) is 0 Å². The SMILES string of the molecule is CCC(C)n1ncn(-c2ccc(N3CCN(c4ccc(OCC5COC(Cn6nccn6)(c6ccc(Cl)cc6Cl)O5)c(C#N)c4)CC3)cc2)c1=O. The molecular weight excluding hydrogens is 693 g/mol. The van der Waals surface area contributed by atoms with E-state index in [2.05, 4.69) is 31.2 Å². The number of rotatable bonds is 11. The number of nitriles is 1. The van der Waals surface area contributed by atoms with Gasteiger partial charge in [0, 0.05) is 48.1 Å². The van der Waals surface area contributed by atoms with E-state index in [0.717, 1.165) is 49.7 Å². The average molecular weight is 731 g/mol. The number of ether oxygens (including phenoxy) is 3. The molecule has 0 radical (unpaired) electrons. The molecule has 15 heteroatoms. The zero-order valence-electron chi connectivity index (χ0n) is 28.2. The van der Waals surface area contributed by atoms with Crippen LogP contribution in [-0.2, 0) is 21.8 Å². The number of hydrogen-bond acceptors (Lipinski definition) is 10. The van der Waals surface area contributed by atoms with Crippen LogP contribution in [0.25, 0.3) is 5.69 Å². The van der Waals surface area contributed by atoms with E-state index in [-0.39, 0.29) is 31.5 Å². The summed E-state index contributed by atoms with van der Waals surface area (Å²) in [7, 11) is 0. The lowest BCUT2D eigenvalue weighted by Gasteiger charge is -2.37. The fourth-order valence-electron chi connectivity index (χ4n) is 6.39. The summed E-state index contributed by atoms with van der Waals surface area (Å²) >= 11 is 12.7. The highest BCUT2D eigenvalue weighted by Gasteiger charge is 2.46. The Labute approximate surface area is 305 Å². The molecule has 3 aromatic carbocycles. The zero-order valence-corrected chi connectivity index (χ0v) is 29.7. The molecule has 3 atom stereocenters. The molecule has 2 aliphatic heterocycles. The predicted octanol–water partition coefficient (Wildman–Crippen LogP) is 5.45. The van der Waals surface area contributed by atoms with Crippen molar-refractivity contribution in [2.75, 3.05) is 49.2 Å². The highest BCUT2D eigenvalue weighted by atomic mass is 35.5. The Morgan fingerprint density at radius 1 is 0.961 bits per heavy atom. The minimum Gasteiger partial charge on any atom is -0.489 e. The van der Waals surface area contributed by atoms with Crippen molar-refractivity contribution < 1.29 is 14.2 Å². The third-order valence-electron chi connectivity index (χ3n) is 9.37. The lowest BCUT2D eigenvalue weighted by Crippen LogP contribution is -2.46. The number of piperazine rings is 1. The Kier molecular flexibility index (Phi) is 10.0. The molecular formula is C36H37Cl2N9O4. The Balaban J connectivity index is 0.967. The highest BCUT2D eigenvalue weighted by molar-refractivity contribution is 6.35. The topological polar surface area (TPSA) is 128 Å². The minimum absolute atomic E-state index is 0.0451. The molecule has 0 saturated carbocycles. The van der Waals surface area contributed by atoms with E-state index in [1.807, 2.05) is 56.3 Å². The molecule has 2 fully saturated rings. The van der Waals surface area contributed by atoms with Crippen LogP contribution >= 0.6 is 23.2 Å². The van der Waals surface area contributed by atoms with Gasteiger partial charge >= 0.3 is 5.69 Å². The molecule has 0 amide bonds. The monoisotopic (exact) mass is 729 g/mol. The third kappa shape index (κ3) is 7.18. The van der Waals surface area contributed by atoms with Crippen LogP contribution in [0.5, 0.6) is 5.75 Å². The molecule has 13 nitrogen and oxygen atoms in total. The fraction of sp³-hybridized carbons (Fsp3) is 0.361. The first-order valence-electron chi connectivity index (χ1n) is 16.8. The fourth-order valence-corrected chi connectivity index (χ4v) is 6.94. The Morgan fingerprint density at radius 2 is 1.65 bits per heavy atom. The van der Waals surface area contributed by atoms with Gasteiger partial charge in [0.15, 0.2) is 0 Å². The summed E-state index contributed by atoms with van der Waals surface area (Å²) in [5, 5.41) is 23.7. The van der Waals surface area contributed by atoms with Crippen LogP contribution in [-0.4, -0.2) is 74.8 Å². The van der Waals surface area contributed by atoms with Crippen LogP contribution in [0.15, 0.2) is 84.2 Å². The van der Waals surface area contributed by atoms with Crippen molar-refractivity contribution in [3.63, 3.8) is 0 Å². The van der Waals surface area contributed by atoms with E-state index in [9.17, 15) is 10.1 Å². The van der Waals surface area contributed by atoms with Gasteiger partial charge in [0.05, 0.1) is 41.3 Å². The van der Waals surface area contributed by atoms with E-state index in [1.54, 1.807) is 41.5 Å². The molecule has 2 aliphatic rings. The standard InChI is InChI=1S/C36H37Cl2N9O4/c1-3-25(2)47-35(48)45(24-42-47)29-7-5-28(6-8-29)43-14-16-44(17-15-43)30-9-11-34(26(18-30)20-39)49-21-31-22-50-36(51-31,23-46-40-12-13-41-46)32-10-4-27(37)19-33(32)38/h4-13,18-19,24-25,31H,3,14-17,21-23H2,1-2H3. The Hall–Kier alpha value is -4.87. The van der Waals surface area contributed by atoms with Gasteiger partial charge in [-0.1, -0.05) is 36.2 Å². The lowest BCUT2D eigenvalue weighted by atomic mass is 10.1. The van der Waals surface area contributed by atoms with Crippen LogP contribution in [0.3, 0.4) is 0 Å². The second-order valence-corrected chi connectivity index (χ2v) is 13.4. The summed E-state index contributed by atoms with van der Waals surface area (Å²) in [6.07, 6.45) is 5.12. The van der Waals surface area contributed by atoms with Crippen LogP contribution < -0.4 is 20.2 Å². The maximum absolute atomic E-state index is 12.8. The first-order chi connectivity index (χ1) is 24.8. The lowest BCUT2D eigenvalue weighted by molar-refractivity contribution is -0.192. The van der Waals surface area contributed by atoms with E-state index >= 15 is 0 Å². The van der Waals surface area contributed by atoms with Crippen LogP contribution in [0.1, 0.15) is 37.4 Å². The van der Waals surface area contributed by atoms with Crippen molar-refractivity contribution in [3.05, 3.63) is 111 Å². The van der Waals surface area contributed by atoms with E-state index in [0.29, 0.717) is 26.9 Å². The van der Waals surface area contributed by atoms with Gasteiger partial charge in [0.25, 0.3) is 0 Å². The molecule has 2 saturated heterocycles. The zero-order chi connectivity index (χ0) is 35.5. The molecule has 7 rings (SSSR count). The number of anilines is 2. The van der Waals surface area contributed by atoms with Gasteiger partial charge in [0.2, 0.25) is 5.79 Å². The molecule has 0 aliphatic carbocycles. The summed E-state index contributed by atoms with van der Waals surface area (Å²) < 4.78 is 21.9. The Bertz CT molecular complexity index is 2070. The molecule has 51 heavy (non-hydrogen) atoms. The number of halogens is 2. The van der Waals surface area contributed by atoms with E-state index < -0.39 is 11.9 Å². The molecule has 3 unspecified atom stereocenters. The second kappa shape index (κ2) is 14.8. The number of benzene rings is 3. The molecule has 264 valence electrons. The number of aromatic nitrogens is 6. The third-order valence-corrected chi connectivity index (χ3v) is 9.91. The summed E-state index contributed by atoms with van der Waals surface area (Å²) in [6, 6.07) is 21.1. The maximum atomic E-state index is 12.8. The summed E-state index contributed by atoms with van der Waals surface area (Å²) in [4.78, 5) is 18.9. The van der Waals surface area contributed by atoms with Gasteiger partial charge in [-0.05, 0) is 67.9 Å². The molecule has 4 heterocycles. The summed E-state index contributed by atoms with van der Waals surface area (Å²) in [5.41, 5.74) is 3.73. The highest BCUT2D eigenvalue weighted by Crippen LogP contribution is 2.40. The van der Waals surface area contributed by atoms with Crippen molar-refractivity contribution in [1.82, 2.24) is 29.3 Å². The van der Waals surface area contributed by atoms with Crippen molar-refractivity contribution in [2.45, 2.75) is 44.7 Å². The predicted molar refractivity (Wildman–Crippen MR) is 193 cm³/mol. The first kappa shape index (κ1) is 34.6. The molecule has 5 aromatic rings. The van der Waals surface area contributed by atoms with E-state index in [1.165, 1.54) is 9.48 Å². The van der Waals surface area contributed by atoms with Gasteiger partial charge in [-0.3, -0.25) is 0 Å². The molecule has 0 spiro atoms. The normalized spacial score (nSPS) is 19.6. The van der Waals surface area contributed by atoms with Crippen molar-refractivity contribution >= 4 is 34.6 Å². The van der Waals surface area contributed by atoms with Gasteiger partial charge in [-0.25, -0.2) is 14.0 Å².